The minimum atomic E-state index is -0.463. The number of anilines is 1. The molecule has 0 unspecified atom stereocenters. The summed E-state index contributed by atoms with van der Waals surface area (Å²) in [5.74, 6) is 1.61. The lowest BCUT2D eigenvalue weighted by molar-refractivity contribution is -0.118. The molecule has 0 saturated heterocycles. The van der Waals surface area contributed by atoms with Crippen molar-refractivity contribution in [2.24, 2.45) is 17.6 Å². The standard InChI is InChI=1S/C19H26N4O2/c1-11-4-6-14(7-5-11)18(20)19(24)22-15-8-9-16(21-10-15)17-12(2)23-25-13(17)3/h8-11,14,18H,4-7,20H2,1-3H3,(H,22,24)/t11?,14?,18-/m0/s1. The molecule has 0 bridgehead atoms. The number of carbonyl (C=O) groups is 1. The highest BCUT2D eigenvalue weighted by Gasteiger charge is 2.28. The van der Waals surface area contributed by atoms with Crippen LogP contribution in [-0.2, 0) is 4.79 Å². The summed E-state index contributed by atoms with van der Waals surface area (Å²) >= 11 is 0. The average Bonchev–Trinajstić information content (AvgIpc) is 2.94. The lowest BCUT2D eigenvalue weighted by Crippen LogP contribution is -2.43. The summed E-state index contributed by atoms with van der Waals surface area (Å²) in [6.45, 7) is 6.00. The molecule has 1 aliphatic rings. The van der Waals surface area contributed by atoms with E-state index in [0.29, 0.717) is 5.69 Å². The number of nitrogens with one attached hydrogen (secondary N) is 1. The van der Waals surface area contributed by atoms with Crippen LogP contribution in [0.5, 0.6) is 0 Å². The van der Waals surface area contributed by atoms with E-state index < -0.39 is 6.04 Å². The lowest BCUT2D eigenvalue weighted by atomic mass is 9.79. The van der Waals surface area contributed by atoms with Crippen LogP contribution in [0.1, 0.15) is 44.1 Å². The van der Waals surface area contributed by atoms with Crippen LogP contribution in [0.15, 0.2) is 22.9 Å². The van der Waals surface area contributed by atoms with E-state index in [1.165, 1.54) is 0 Å². The lowest BCUT2D eigenvalue weighted by Gasteiger charge is -2.29. The zero-order valence-corrected chi connectivity index (χ0v) is 15.1. The highest BCUT2D eigenvalue weighted by atomic mass is 16.5. The first-order valence-corrected chi connectivity index (χ1v) is 8.91. The normalized spacial score (nSPS) is 21.8. The predicted octanol–water partition coefficient (Wildman–Crippen LogP) is 3.45. The first kappa shape index (κ1) is 17.6. The first-order valence-electron chi connectivity index (χ1n) is 8.91. The third-order valence-corrected chi connectivity index (χ3v) is 5.19. The van der Waals surface area contributed by atoms with Gasteiger partial charge in [-0.25, -0.2) is 0 Å². The Morgan fingerprint density at radius 1 is 1.28 bits per heavy atom. The van der Waals surface area contributed by atoms with Crippen LogP contribution in [0.25, 0.3) is 11.3 Å². The summed E-state index contributed by atoms with van der Waals surface area (Å²) in [6, 6.07) is 3.23. The van der Waals surface area contributed by atoms with E-state index in [0.717, 1.165) is 54.3 Å². The molecule has 1 atom stereocenters. The molecule has 134 valence electrons. The minimum absolute atomic E-state index is 0.133. The van der Waals surface area contributed by atoms with E-state index in [-0.39, 0.29) is 11.8 Å². The second-order valence-corrected chi connectivity index (χ2v) is 7.17. The van der Waals surface area contributed by atoms with Crippen LogP contribution in [0, 0.1) is 25.7 Å². The fourth-order valence-corrected chi connectivity index (χ4v) is 3.55. The van der Waals surface area contributed by atoms with Gasteiger partial charge in [-0.05, 0) is 50.7 Å². The maximum Gasteiger partial charge on any atom is 0.241 e. The molecule has 1 fully saturated rings. The molecule has 2 aromatic rings. The van der Waals surface area contributed by atoms with Crippen molar-refractivity contribution >= 4 is 11.6 Å². The van der Waals surface area contributed by atoms with E-state index in [9.17, 15) is 4.79 Å². The Bertz CT molecular complexity index is 711. The molecular formula is C19H26N4O2. The summed E-state index contributed by atoms with van der Waals surface area (Å²) in [6.07, 6.45) is 6.01. The minimum Gasteiger partial charge on any atom is -0.361 e. The smallest absolute Gasteiger partial charge is 0.241 e. The van der Waals surface area contributed by atoms with Gasteiger partial charge >= 0.3 is 0 Å². The summed E-state index contributed by atoms with van der Waals surface area (Å²) in [7, 11) is 0. The van der Waals surface area contributed by atoms with Crippen molar-refractivity contribution in [2.75, 3.05) is 5.32 Å². The van der Waals surface area contributed by atoms with E-state index in [2.05, 4.69) is 22.4 Å². The highest BCUT2D eigenvalue weighted by molar-refractivity contribution is 5.94. The number of carbonyl (C=O) groups excluding carboxylic acids is 1. The Hall–Kier alpha value is -2.21. The molecule has 3 N–H and O–H groups in total. The van der Waals surface area contributed by atoms with E-state index in [4.69, 9.17) is 10.3 Å². The number of pyridine rings is 1. The fraction of sp³-hybridized carbons (Fsp3) is 0.526. The molecule has 6 nitrogen and oxygen atoms in total. The molecule has 0 aromatic carbocycles. The Morgan fingerprint density at radius 3 is 2.56 bits per heavy atom. The quantitative estimate of drug-likeness (QED) is 0.887. The zero-order valence-electron chi connectivity index (χ0n) is 15.1. The number of aryl methyl sites for hydroxylation is 2. The molecule has 1 saturated carbocycles. The van der Waals surface area contributed by atoms with Crippen molar-refractivity contribution < 1.29 is 9.32 Å². The van der Waals surface area contributed by atoms with Gasteiger partial charge in [0.15, 0.2) is 0 Å². The molecule has 2 aromatic heterocycles. The van der Waals surface area contributed by atoms with Crippen LogP contribution in [-0.4, -0.2) is 22.1 Å². The van der Waals surface area contributed by atoms with Gasteiger partial charge in [-0.2, -0.15) is 0 Å². The van der Waals surface area contributed by atoms with E-state index >= 15 is 0 Å². The number of nitrogens with two attached hydrogens (primary N) is 1. The summed E-state index contributed by atoms with van der Waals surface area (Å²) in [4.78, 5) is 16.8. The Balaban J connectivity index is 1.64. The van der Waals surface area contributed by atoms with Gasteiger partial charge in [0.2, 0.25) is 5.91 Å². The van der Waals surface area contributed by atoms with Gasteiger partial charge in [-0.3, -0.25) is 9.78 Å². The number of rotatable bonds is 4. The first-order chi connectivity index (χ1) is 12.0. The van der Waals surface area contributed by atoms with Crippen molar-refractivity contribution in [2.45, 2.75) is 52.5 Å². The van der Waals surface area contributed by atoms with Crippen LogP contribution >= 0.6 is 0 Å². The molecule has 0 radical (unpaired) electrons. The van der Waals surface area contributed by atoms with E-state index in [1.54, 1.807) is 6.20 Å². The zero-order chi connectivity index (χ0) is 18.0. The van der Waals surface area contributed by atoms with Gasteiger partial charge in [0, 0.05) is 0 Å². The number of nitrogens with zero attached hydrogens (tertiary/aromatic N) is 2. The number of hydrogen-bond acceptors (Lipinski definition) is 5. The summed E-state index contributed by atoms with van der Waals surface area (Å²) < 4.78 is 5.17. The molecule has 25 heavy (non-hydrogen) atoms. The molecule has 6 heteroatoms. The average molecular weight is 342 g/mol. The molecule has 2 heterocycles. The second-order valence-electron chi connectivity index (χ2n) is 7.17. The van der Waals surface area contributed by atoms with Crippen molar-refractivity contribution in [1.29, 1.82) is 0 Å². The topological polar surface area (TPSA) is 94.0 Å². The van der Waals surface area contributed by atoms with Gasteiger partial charge in [-0.15, -0.1) is 0 Å². The number of amides is 1. The third kappa shape index (κ3) is 3.90. The molecular weight excluding hydrogens is 316 g/mol. The predicted molar refractivity (Wildman–Crippen MR) is 96.9 cm³/mol. The van der Waals surface area contributed by atoms with Gasteiger partial charge in [0.25, 0.3) is 0 Å². The summed E-state index contributed by atoms with van der Waals surface area (Å²) in [5, 5.41) is 6.83. The maximum atomic E-state index is 12.4. The van der Waals surface area contributed by atoms with Gasteiger partial charge in [0.05, 0.1) is 34.9 Å². The molecule has 0 aliphatic heterocycles. The van der Waals surface area contributed by atoms with Crippen molar-refractivity contribution in [3.05, 3.63) is 29.8 Å². The fourth-order valence-electron chi connectivity index (χ4n) is 3.55. The van der Waals surface area contributed by atoms with Crippen LogP contribution in [0.3, 0.4) is 0 Å². The van der Waals surface area contributed by atoms with Crippen molar-refractivity contribution in [3.8, 4) is 11.3 Å². The highest BCUT2D eigenvalue weighted by Crippen LogP contribution is 2.30. The SMILES string of the molecule is Cc1noc(C)c1-c1ccc(NC(=O)[C@@H](N)C2CCC(C)CC2)cn1. The van der Waals surface area contributed by atoms with Crippen LogP contribution in [0.4, 0.5) is 5.69 Å². The molecule has 0 spiro atoms. The van der Waals surface area contributed by atoms with Crippen LogP contribution < -0.4 is 11.1 Å². The van der Waals surface area contributed by atoms with Gasteiger partial charge in [0.1, 0.15) is 5.76 Å². The molecule has 1 amide bonds. The van der Waals surface area contributed by atoms with Crippen LogP contribution in [0.2, 0.25) is 0 Å². The van der Waals surface area contributed by atoms with Gasteiger partial charge < -0.3 is 15.6 Å². The van der Waals surface area contributed by atoms with Crippen molar-refractivity contribution in [3.63, 3.8) is 0 Å². The Labute approximate surface area is 148 Å². The summed E-state index contributed by atoms with van der Waals surface area (Å²) in [5.41, 5.74) is 9.31. The second kappa shape index (κ2) is 7.35. The van der Waals surface area contributed by atoms with Crippen molar-refractivity contribution in [1.82, 2.24) is 10.1 Å². The Morgan fingerprint density at radius 2 is 2.00 bits per heavy atom. The van der Waals surface area contributed by atoms with Gasteiger partial charge in [-0.1, -0.05) is 24.9 Å². The maximum absolute atomic E-state index is 12.4. The molecule has 1 aliphatic carbocycles. The molecule has 3 rings (SSSR count). The monoisotopic (exact) mass is 342 g/mol. The largest absolute Gasteiger partial charge is 0.361 e. The number of aromatic nitrogens is 2. The third-order valence-electron chi connectivity index (χ3n) is 5.19. The van der Waals surface area contributed by atoms with E-state index in [1.807, 2.05) is 26.0 Å². The Kier molecular flexibility index (Phi) is 5.18. The number of hydrogen-bond donors (Lipinski definition) is 2.